The molecule has 6 heteroatoms. The van der Waals surface area contributed by atoms with E-state index >= 15 is 0 Å². The first-order valence-electron chi connectivity index (χ1n) is 9.60. The fourth-order valence-corrected chi connectivity index (χ4v) is 3.93. The van der Waals surface area contributed by atoms with Crippen LogP contribution >= 0.6 is 0 Å². The molecule has 2 saturated heterocycles. The molecule has 2 aliphatic heterocycles. The van der Waals surface area contributed by atoms with Crippen molar-refractivity contribution in [1.82, 2.24) is 14.7 Å². The number of hydrogen-bond acceptors (Lipinski definition) is 3. The third-order valence-electron chi connectivity index (χ3n) is 5.43. The van der Waals surface area contributed by atoms with E-state index in [1.54, 1.807) is 26.8 Å². The van der Waals surface area contributed by atoms with Crippen LogP contribution in [0.1, 0.15) is 22.3 Å². The third kappa shape index (κ3) is 3.63. The van der Waals surface area contributed by atoms with Crippen molar-refractivity contribution in [1.29, 1.82) is 0 Å². The molecule has 0 aliphatic carbocycles. The van der Waals surface area contributed by atoms with Gasteiger partial charge in [0.1, 0.15) is 12.6 Å². The lowest BCUT2D eigenvalue weighted by Crippen LogP contribution is -2.59. The summed E-state index contributed by atoms with van der Waals surface area (Å²) in [4.78, 5) is 43.5. The Morgan fingerprint density at radius 1 is 0.893 bits per heavy atom. The van der Waals surface area contributed by atoms with Crippen LogP contribution in [0.3, 0.4) is 0 Å². The Balaban J connectivity index is 1.47. The van der Waals surface area contributed by atoms with Crippen LogP contribution in [0.15, 0.2) is 60.7 Å². The van der Waals surface area contributed by atoms with Gasteiger partial charge < -0.3 is 14.7 Å². The van der Waals surface area contributed by atoms with Gasteiger partial charge in [-0.25, -0.2) is 0 Å². The maximum atomic E-state index is 13.0. The zero-order valence-electron chi connectivity index (χ0n) is 15.7. The summed E-state index contributed by atoms with van der Waals surface area (Å²) >= 11 is 0. The van der Waals surface area contributed by atoms with Gasteiger partial charge in [0.2, 0.25) is 11.8 Å². The first-order chi connectivity index (χ1) is 13.6. The van der Waals surface area contributed by atoms with Gasteiger partial charge in [0.05, 0.1) is 0 Å². The number of amides is 3. The molecule has 3 amide bonds. The highest BCUT2D eigenvalue weighted by atomic mass is 16.2. The standard InChI is InChI=1S/C22H23N3O3/c26-20-16-24(15-17-7-3-1-4-8-17)22(28)19-11-12-23(13-14-25(19)20)21(27)18-9-5-2-6-10-18/h1-10,19H,11-16H2. The van der Waals surface area contributed by atoms with E-state index < -0.39 is 6.04 Å². The maximum Gasteiger partial charge on any atom is 0.253 e. The highest BCUT2D eigenvalue weighted by molar-refractivity contribution is 5.96. The van der Waals surface area contributed by atoms with Gasteiger partial charge in [0.25, 0.3) is 5.91 Å². The number of fused-ring (bicyclic) bond motifs is 1. The van der Waals surface area contributed by atoms with Crippen molar-refractivity contribution < 1.29 is 14.4 Å². The molecule has 2 heterocycles. The molecular formula is C22H23N3O3. The van der Waals surface area contributed by atoms with E-state index in [1.165, 1.54) is 0 Å². The molecule has 1 atom stereocenters. The van der Waals surface area contributed by atoms with Crippen LogP contribution in [0, 0.1) is 0 Å². The Bertz CT molecular complexity index is 869. The summed E-state index contributed by atoms with van der Waals surface area (Å²) in [7, 11) is 0. The average Bonchev–Trinajstić information content (AvgIpc) is 2.96. The van der Waals surface area contributed by atoms with Crippen molar-refractivity contribution in [2.45, 2.75) is 19.0 Å². The fourth-order valence-electron chi connectivity index (χ4n) is 3.93. The summed E-state index contributed by atoms with van der Waals surface area (Å²) in [5.74, 6) is -0.131. The fraction of sp³-hybridized carbons (Fsp3) is 0.318. The van der Waals surface area contributed by atoms with Crippen molar-refractivity contribution in [3.05, 3.63) is 71.8 Å². The summed E-state index contributed by atoms with van der Waals surface area (Å²) in [6, 6.07) is 18.3. The Morgan fingerprint density at radius 3 is 2.29 bits per heavy atom. The first-order valence-corrected chi connectivity index (χ1v) is 9.60. The summed E-state index contributed by atoms with van der Waals surface area (Å²) in [6.45, 7) is 1.83. The molecule has 2 fully saturated rings. The van der Waals surface area contributed by atoms with E-state index in [4.69, 9.17) is 0 Å². The predicted octanol–water partition coefficient (Wildman–Crippen LogP) is 1.77. The quantitative estimate of drug-likeness (QED) is 0.819. The second kappa shape index (κ2) is 7.84. The highest BCUT2D eigenvalue weighted by Crippen LogP contribution is 2.21. The van der Waals surface area contributed by atoms with E-state index in [-0.39, 0.29) is 24.3 Å². The van der Waals surface area contributed by atoms with Gasteiger partial charge in [-0.1, -0.05) is 48.5 Å². The van der Waals surface area contributed by atoms with Gasteiger partial charge in [0, 0.05) is 31.7 Å². The molecule has 1 unspecified atom stereocenters. The van der Waals surface area contributed by atoms with Crippen LogP contribution in [-0.2, 0) is 16.1 Å². The molecule has 144 valence electrons. The number of carbonyl (C=O) groups is 3. The molecule has 0 spiro atoms. The maximum absolute atomic E-state index is 13.0. The minimum Gasteiger partial charge on any atom is -0.337 e. The zero-order chi connectivity index (χ0) is 19.5. The molecule has 4 rings (SSSR count). The van der Waals surface area contributed by atoms with Crippen LogP contribution in [0.2, 0.25) is 0 Å². The second-order valence-corrected chi connectivity index (χ2v) is 7.23. The number of hydrogen-bond donors (Lipinski definition) is 0. The van der Waals surface area contributed by atoms with E-state index in [9.17, 15) is 14.4 Å². The van der Waals surface area contributed by atoms with E-state index in [2.05, 4.69) is 0 Å². The summed E-state index contributed by atoms with van der Waals surface area (Å²) in [6.07, 6.45) is 0.467. The molecule has 0 saturated carbocycles. The van der Waals surface area contributed by atoms with E-state index in [0.717, 1.165) is 5.56 Å². The Hall–Kier alpha value is -3.15. The first kappa shape index (κ1) is 18.2. The Kier molecular flexibility index (Phi) is 5.10. The minimum atomic E-state index is -0.487. The minimum absolute atomic E-state index is 0.0301. The van der Waals surface area contributed by atoms with Gasteiger partial charge in [-0.05, 0) is 24.1 Å². The smallest absolute Gasteiger partial charge is 0.253 e. The Labute approximate surface area is 164 Å². The average molecular weight is 377 g/mol. The van der Waals surface area contributed by atoms with Gasteiger partial charge in [-0.3, -0.25) is 14.4 Å². The number of rotatable bonds is 3. The van der Waals surface area contributed by atoms with Crippen LogP contribution in [0.5, 0.6) is 0 Å². The lowest BCUT2D eigenvalue weighted by Gasteiger charge is -2.39. The molecule has 0 radical (unpaired) electrons. The number of piperazine rings is 1. The van der Waals surface area contributed by atoms with Gasteiger partial charge in [-0.2, -0.15) is 0 Å². The topological polar surface area (TPSA) is 60.9 Å². The SMILES string of the molecule is O=C(c1ccccc1)N1CCC2C(=O)N(Cc3ccccc3)CC(=O)N2CC1. The number of benzene rings is 2. The van der Waals surface area contributed by atoms with Crippen molar-refractivity contribution >= 4 is 17.7 Å². The van der Waals surface area contributed by atoms with Gasteiger partial charge >= 0.3 is 0 Å². The van der Waals surface area contributed by atoms with Crippen LogP contribution in [-0.4, -0.2) is 64.6 Å². The molecule has 2 aromatic rings. The van der Waals surface area contributed by atoms with E-state index in [1.807, 2.05) is 48.5 Å². The lowest BCUT2D eigenvalue weighted by atomic mass is 10.1. The normalized spacial score (nSPS) is 20.0. The molecule has 2 aliphatic rings. The van der Waals surface area contributed by atoms with Crippen LogP contribution < -0.4 is 0 Å². The van der Waals surface area contributed by atoms with Crippen LogP contribution in [0.25, 0.3) is 0 Å². The predicted molar refractivity (Wildman–Crippen MR) is 104 cm³/mol. The molecule has 0 aromatic heterocycles. The largest absolute Gasteiger partial charge is 0.337 e. The van der Waals surface area contributed by atoms with Gasteiger partial charge in [0.15, 0.2) is 0 Å². The van der Waals surface area contributed by atoms with Crippen molar-refractivity contribution in [3.63, 3.8) is 0 Å². The third-order valence-corrected chi connectivity index (χ3v) is 5.43. The molecule has 6 nitrogen and oxygen atoms in total. The van der Waals surface area contributed by atoms with E-state index in [0.29, 0.717) is 38.2 Å². The van der Waals surface area contributed by atoms with Gasteiger partial charge in [-0.15, -0.1) is 0 Å². The molecule has 2 aromatic carbocycles. The summed E-state index contributed by atoms with van der Waals surface area (Å²) < 4.78 is 0. The molecule has 0 N–H and O–H groups in total. The monoisotopic (exact) mass is 377 g/mol. The number of carbonyl (C=O) groups excluding carboxylic acids is 3. The lowest BCUT2D eigenvalue weighted by molar-refractivity contribution is -0.156. The van der Waals surface area contributed by atoms with Crippen molar-refractivity contribution in [2.24, 2.45) is 0 Å². The van der Waals surface area contributed by atoms with Crippen molar-refractivity contribution in [3.8, 4) is 0 Å². The highest BCUT2D eigenvalue weighted by Gasteiger charge is 2.41. The number of nitrogens with zero attached hydrogens (tertiary/aromatic N) is 3. The molecule has 0 bridgehead atoms. The summed E-state index contributed by atoms with van der Waals surface area (Å²) in [5.41, 5.74) is 1.64. The summed E-state index contributed by atoms with van der Waals surface area (Å²) in [5, 5.41) is 0. The van der Waals surface area contributed by atoms with Crippen molar-refractivity contribution in [2.75, 3.05) is 26.2 Å². The Morgan fingerprint density at radius 2 is 1.57 bits per heavy atom. The second-order valence-electron chi connectivity index (χ2n) is 7.23. The van der Waals surface area contributed by atoms with Crippen LogP contribution in [0.4, 0.5) is 0 Å². The molecular weight excluding hydrogens is 354 g/mol. The molecule has 28 heavy (non-hydrogen) atoms. The zero-order valence-corrected chi connectivity index (χ0v) is 15.7.